The number of methoxy groups -OCH3 is 1. The molecule has 1 aliphatic carbocycles. The number of thioether (sulfide) groups is 1. The van der Waals surface area contributed by atoms with Crippen molar-refractivity contribution in [1.29, 1.82) is 0 Å². The highest BCUT2D eigenvalue weighted by atomic mass is 32.2. The van der Waals surface area contributed by atoms with E-state index in [1.807, 2.05) is 25.1 Å². The number of esters is 1. The second-order valence-corrected chi connectivity index (χ2v) is 6.22. The van der Waals surface area contributed by atoms with Crippen molar-refractivity contribution in [1.82, 2.24) is 0 Å². The van der Waals surface area contributed by atoms with Crippen molar-refractivity contribution in [2.45, 2.75) is 31.1 Å². The molecule has 1 fully saturated rings. The van der Waals surface area contributed by atoms with Gasteiger partial charge in [-0.05, 0) is 43.4 Å². The Kier molecular flexibility index (Phi) is 4.81. The van der Waals surface area contributed by atoms with Crippen molar-refractivity contribution in [3.63, 3.8) is 0 Å². The zero-order valence-corrected chi connectivity index (χ0v) is 12.8. The molecule has 2 rings (SSSR count). The Morgan fingerprint density at radius 3 is 2.80 bits per heavy atom. The summed E-state index contributed by atoms with van der Waals surface area (Å²) < 4.78 is 10.3. The molecule has 0 unspecified atom stereocenters. The van der Waals surface area contributed by atoms with Gasteiger partial charge in [0.25, 0.3) is 0 Å². The van der Waals surface area contributed by atoms with Crippen LogP contribution in [0.4, 0.5) is 5.69 Å². The highest BCUT2D eigenvalue weighted by Gasteiger charge is 2.44. The van der Waals surface area contributed by atoms with Gasteiger partial charge < -0.3 is 15.2 Å². The highest BCUT2D eigenvalue weighted by molar-refractivity contribution is 7.99. The second-order valence-electron chi connectivity index (χ2n) is 5.17. The summed E-state index contributed by atoms with van der Waals surface area (Å²) in [5.74, 6) is 1.54. The molecule has 1 saturated carbocycles. The van der Waals surface area contributed by atoms with Crippen molar-refractivity contribution in [2.24, 2.45) is 5.41 Å². The largest absolute Gasteiger partial charge is 0.492 e. The lowest BCUT2D eigenvalue weighted by atomic mass is 10.1. The third kappa shape index (κ3) is 3.82. The number of anilines is 1. The average molecular weight is 295 g/mol. The molecule has 20 heavy (non-hydrogen) atoms. The maximum Gasteiger partial charge on any atom is 0.306 e. The van der Waals surface area contributed by atoms with Gasteiger partial charge in [-0.1, -0.05) is 0 Å². The SMILES string of the molecule is CCOc1cc(SCC2(CC(=O)OC)CC2)ccc1N. The zero-order chi connectivity index (χ0) is 14.6. The van der Waals surface area contributed by atoms with Crippen molar-refractivity contribution in [3.8, 4) is 5.75 Å². The van der Waals surface area contributed by atoms with Gasteiger partial charge in [0.05, 0.1) is 25.8 Å². The number of nitrogen functional groups attached to an aromatic ring is 1. The van der Waals surface area contributed by atoms with Crippen molar-refractivity contribution in [3.05, 3.63) is 18.2 Å². The summed E-state index contributed by atoms with van der Waals surface area (Å²) in [6, 6.07) is 5.83. The van der Waals surface area contributed by atoms with Gasteiger partial charge in [0.15, 0.2) is 0 Å². The predicted molar refractivity (Wildman–Crippen MR) is 81.0 cm³/mol. The number of rotatable bonds is 7. The van der Waals surface area contributed by atoms with Crippen molar-refractivity contribution < 1.29 is 14.3 Å². The number of benzene rings is 1. The lowest BCUT2D eigenvalue weighted by Gasteiger charge is -2.14. The predicted octanol–water partition coefficient (Wildman–Crippen LogP) is 3.10. The Labute approximate surface area is 124 Å². The monoisotopic (exact) mass is 295 g/mol. The molecule has 5 heteroatoms. The van der Waals surface area contributed by atoms with Crippen LogP contribution in [0.3, 0.4) is 0 Å². The molecule has 0 aliphatic heterocycles. The topological polar surface area (TPSA) is 61.5 Å². The van der Waals surface area contributed by atoms with E-state index in [0.717, 1.165) is 29.2 Å². The van der Waals surface area contributed by atoms with Crippen LogP contribution in [0, 0.1) is 5.41 Å². The van der Waals surface area contributed by atoms with Crippen LogP contribution < -0.4 is 10.5 Å². The summed E-state index contributed by atoms with van der Waals surface area (Å²) >= 11 is 1.75. The molecular weight excluding hydrogens is 274 g/mol. The van der Waals surface area contributed by atoms with E-state index in [1.54, 1.807) is 11.8 Å². The first-order valence-electron chi connectivity index (χ1n) is 6.80. The van der Waals surface area contributed by atoms with Gasteiger partial charge in [-0.25, -0.2) is 0 Å². The van der Waals surface area contributed by atoms with E-state index in [2.05, 4.69) is 0 Å². The van der Waals surface area contributed by atoms with Crippen molar-refractivity contribution >= 4 is 23.4 Å². The quantitative estimate of drug-likeness (QED) is 0.476. The van der Waals surface area contributed by atoms with Crippen LogP contribution in [0.15, 0.2) is 23.1 Å². The molecule has 0 saturated heterocycles. The summed E-state index contributed by atoms with van der Waals surface area (Å²) in [5.41, 5.74) is 6.65. The van der Waals surface area contributed by atoms with Gasteiger partial charge in [0.1, 0.15) is 5.75 Å². The fourth-order valence-electron chi connectivity index (χ4n) is 2.05. The second kappa shape index (κ2) is 6.39. The molecule has 0 bridgehead atoms. The van der Waals surface area contributed by atoms with Crippen LogP contribution >= 0.6 is 11.8 Å². The summed E-state index contributed by atoms with van der Waals surface area (Å²) in [6.07, 6.45) is 2.72. The van der Waals surface area contributed by atoms with E-state index in [4.69, 9.17) is 15.2 Å². The lowest BCUT2D eigenvalue weighted by molar-refractivity contribution is -0.141. The third-order valence-electron chi connectivity index (χ3n) is 3.53. The molecule has 1 aromatic carbocycles. The molecule has 0 amide bonds. The van der Waals surface area contributed by atoms with E-state index in [1.165, 1.54) is 7.11 Å². The summed E-state index contributed by atoms with van der Waals surface area (Å²) in [7, 11) is 1.44. The van der Waals surface area contributed by atoms with E-state index in [0.29, 0.717) is 18.7 Å². The first kappa shape index (κ1) is 15.0. The third-order valence-corrected chi connectivity index (χ3v) is 4.88. The van der Waals surface area contributed by atoms with E-state index in [-0.39, 0.29) is 11.4 Å². The number of ether oxygens (including phenoxy) is 2. The Balaban J connectivity index is 1.94. The minimum atomic E-state index is -0.115. The average Bonchev–Trinajstić information content (AvgIpc) is 3.20. The van der Waals surface area contributed by atoms with E-state index >= 15 is 0 Å². The van der Waals surface area contributed by atoms with Gasteiger partial charge in [0.2, 0.25) is 0 Å². The summed E-state index contributed by atoms with van der Waals surface area (Å²) in [4.78, 5) is 12.5. The van der Waals surface area contributed by atoms with Crippen LogP contribution in [0.1, 0.15) is 26.2 Å². The molecular formula is C15H21NO3S. The van der Waals surface area contributed by atoms with Crippen molar-refractivity contribution in [2.75, 3.05) is 25.2 Å². The van der Waals surface area contributed by atoms with Gasteiger partial charge in [-0.15, -0.1) is 11.8 Å². The molecule has 0 heterocycles. The first-order valence-corrected chi connectivity index (χ1v) is 7.79. The fraction of sp³-hybridized carbons (Fsp3) is 0.533. The molecule has 0 atom stereocenters. The number of carbonyl (C=O) groups excluding carboxylic acids is 1. The Morgan fingerprint density at radius 2 is 2.20 bits per heavy atom. The Morgan fingerprint density at radius 1 is 1.45 bits per heavy atom. The standard InChI is InChI=1S/C15H21NO3S/c1-3-19-13-8-11(4-5-12(13)16)20-10-15(6-7-15)9-14(17)18-2/h4-5,8H,3,6-7,9-10,16H2,1-2H3. The lowest BCUT2D eigenvalue weighted by Crippen LogP contribution is -2.12. The molecule has 1 aliphatic rings. The highest BCUT2D eigenvalue weighted by Crippen LogP contribution is 2.52. The Bertz CT molecular complexity index is 486. The summed E-state index contributed by atoms with van der Waals surface area (Å²) in [6.45, 7) is 2.54. The van der Waals surface area contributed by atoms with E-state index in [9.17, 15) is 4.79 Å². The first-order chi connectivity index (χ1) is 9.58. The minimum absolute atomic E-state index is 0.115. The maximum absolute atomic E-state index is 11.4. The molecule has 0 spiro atoms. The molecule has 110 valence electrons. The van der Waals surface area contributed by atoms with E-state index < -0.39 is 0 Å². The smallest absolute Gasteiger partial charge is 0.306 e. The van der Waals surface area contributed by atoms with Crippen LogP contribution in [0.25, 0.3) is 0 Å². The number of hydrogen-bond donors (Lipinski definition) is 1. The zero-order valence-electron chi connectivity index (χ0n) is 12.0. The van der Waals surface area contributed by atoms with Gasteiger partial charge >= 0.3 is 5.97 Å². The van der Waals surface area contributed by atoms with Gasteiger partial charge in [0, 0.05) is 10.6 Å². The van der Waals surface area contributed by atoms with Crippen LogP contribution in [-0.4, -0.2) is 25.4 Å². The summed E-state index contributed by atoms with van der Waals surface area (Å²) in [5, 5.41) is 0. The molecule has 4 nitrogen and oxygen atoms in total. The normalized spacial score (nSPS) is 15.7. The number of hydrogen-bond acceptors (Lipinski definition) is 5. The maximum atomic E-state index is 11.4. The van der Waals surface area contributed by atoms with Gasteiger partial charge in [-0.3, -0.25) is 4.79 Å². The fourth-order valence-corrected chi connectivity index (χ4v) is 3.27. The Hall–Kier alpha value is -1.36. The molecule has 0 aromatic heterocycles. The van der Waals surface area contributed by atoms with Gasteiger partial charge in [-0.2, -0.15) is 0 Å². The molecule has 2 N–H and O–H groups in total. The molecule has 1 aromatic rings. The molecule has 0 radical (unpaired) electrons. The number of nitrogens with two attached hydrogens (primary N) is 1. The van der Waals surface area contributed by atoms with Crippen LogP contribution in [0.5, 0.6) is 5.75 Å². The van der Waals surface area contributed by atoms with Crippen LogP contribution in [-0.2, 0) is 9.53 Å². The number of carbonyl (C=O) groups is 1. The minimum Gasteiger partial charge on any atom is -0.492 e. The van der Waals surface area contributed by atoms with Crippen LogP contribution in [0.2, 0.25) is 0 Å².